The maximum Gasteiger partial charge on any atom is 0.315 e. The summed E-state index contributed by atoms with van der Waals surface area (Å²) < 4.78 is 5.97. The van der Waals surface area contributed by atoms with Gasteiger partial charge in [-0.1, -0.05) is 19.1 Å². The minimum absolute atomic E-state index is 0.0499. The van der Waals surface area contributed by atoms with Crippen LogP contribution in [0.1, 0.15) is 46.0 Å². The van der Waals surface area contributed by atoms with Crippen molar-refractivity contribution in [2.75, 3.05) is 6.61 Å². The lowest BCUT2D eigenvalue weighted by Gasteiger charge is -2.43. The molecule has 7 unspecified atom stereocenters. The fourth-order valence-electron chi connectivity index (χ4n) is 7.03. The molecule has 1 aliphatic heterocycles. The Bertz CT molecular complexity index is 642. The van der Waals surface area contributed by atoms with Gasteiger partial charge >= 0.3 is 11.9 Å². The number of carboxylic acid groups (broad SMARTS) is 1. The van der Waals surface area contributed by atoms with Crippen molar-refractivity contribution in [3.63, 3.8) is 0 Å². The highest BCUT2D eigenvalue weighted by Gasteiger charge is 2.80. The molecule has 5 nitrogen and oxygen atoms in total. The molecule has 4 aliphatic rings. The number of fused-ring (bicyclic) bond motifs is 3. The van der Waals surface area contributed by atoms with Crippen molar-refractivity contribution in [2.24, 2.45) is 34.5 Å². The minimum atomic E-state index is -1.13. The van der Waals surface area contributed by atoms with Crippen LogP contribution in [-0.4, -0.2) is 34.4 Å². The molecule has 3 aliphatic carbocycles. The molecule has 0 amide bonds. The summed E-state index contributed by atoms with van der Waals surface area (Å²) in [5.41, 5.74) is -1.10. The lowest BCUT2D eigenvalue weighted by molar-refractivity contribution is -0.163. The number of aliphatic hydroxyl groups is 1. The van der Waals surface area contributed by atoms with E-state index in [1.165, 1.54) is 0 Å². The Balaban J connectivity index is 1.95. The number of hydrogen-bond donors (Lipinski definition) is 2. The van der Waals surface area contributed by atoms with Gasteiger partial charge in [-0.2, -0.15) is 0 Å². The number of carbonyl (C=O) groups excluding carboxylic acids is 1. The van der Waals surface area contributed by atoms with Crippen molar-refractivity contribution < 1.29 is 24.5 Å². The Morgan fingerprint density at radius 2 is 2.12 bits per heavy atom. The molecule has 0 aromatic heterocycles. The molecule has 1 spiro atoms. The van der Waals surface area contributed by atoms with Crippen molar-refractivity contribution in [1.82, 2.24) is 0 Å². The molecule has 1 heterocycles. The highest BCUT2D eigenvalue weighted by molar-refractivity contribution is 5.84. The fraction of sp³-hybridized carbons (Fsp3) is 0.789. The van der Waals surface area contributed by atoms with E-state index < -0.39 is 34.8 Å². The van der Waals surface area contributed by atoms with Gasteiger partial charge in [0.1, 0.15) is 5.60 Å². The largest absolute Gasteiger partial charge is 0.481 e. The van der Waals surface area contributed by atoms with Gasteiger partial charge in [-0.15, -0.1) is 0 Å². The lowest BCUT2D eigenvalue weighted by Crippen LogP contribution is -2.45. The third-order valence-electron chi connectivity index (χ3n) is 7.91. The van der Waals surface area contributed by atoms with E-state index in [1.54, 1.807) is 6.92 Å². The molecule has 1 saturated heterocycles. The number of carbonyl (C=O) groups is 2. The van der Waals surface area contributed by atoms with Crippen molar-refractivity contribution >= 4 is 11.9 Å². The zero-order valence-electron chi connectivity index (χ0n) is 14.4. The Kier molecular flexibility index (Phi) is 3.11. The van der Waals surface area contributed by atoms with Crippen molar-refractivity contribution in [2.45, 2.75) is 51.6 Å². The van der Waals surface area contributed by atoms with Crippen molar-refractivity contribution in [3.8, 4) is 0 Å². The van der Waals surface area contributed by atoms with Crippen molar-refractivity contribution in [3.05, 3.63) is 12.2 Å². The molecule has 2 N–H and O–H groups in total. The Labute approximate surface area is 142 Å². The first-order valence-electron chi connectivity index (χ1n) is 9.01. The second kappa shape index (κ2) is 4.63. The number of esters is 1. The molecule has 4 rings (SSSR count). The molecule has 3 saturated carbocycles. The number of allylic oxidation sites excluding steroid dienone is 1. The van der Waals surface area contributed by atoms with Crippen LogP contribution in [0.3, 0.4) is 0 Å². The van der Waals surface area contributed by atoms with E-state index in [4.69, 9.17) is 4.74 Å². The molecule has 7 atom stereocenters. The summed E-state index contributed by atoms with van der Waals surface area (Å²) in [7, 11) is 0. The maximum atomic E-state index is 12.6. The fourth-order valence-corrected chi connectivity index (χ4v) is 7.03. The minimum Gasteiger partial charge on any atom is -0.481 e. The van der Waals surface area contributed by atoms with Gasteiger partial charge in [-0.3, -0.25) is 9.59 Å². The second-order valence-corrected chi connectivity index (χ2v) is 8.67. The third-order valence-corrected chi connectivity index (χ3v) is 7.91. The first-order valence-corrected chi connectivity index (χ1v) is 9.01. The van der Waals surface area contributed by atoms with Crippen LogP contribution in [0.5, 0.6) is 0 Å². The molecule has 24 heavy (non-hydrogen) atoms. The van der Waals surface area contributed by atoms with E-state index in [-0.39, 0.29) is 17.9 Å². The molecule has 2 bridgehead atoms. The maximum absolute atomic E-state index is 12.6. The summed E-state index contributed by atoms with van der Waals surface area (Å²) in [5, 5.41) is 20.1. The Morgan fingerprint density at radius 3 is 2.71 bits per heavy atom. The van der Waals surface area contributed by atoms with Gasteiger partial charge in [-0.25, -0.2) is 0 Å². The van der Waals surface area contributed by atoms with Crippen LogP contribution in [0.2, 0.25) is 0 Å². The van der Waals surface area contributed by atoms with E-state index >= 15 is 0 Å². The van der Waals surface area contributed by atoms with E-state index in [0.717, 1.165) is 31.3 Å². The quantitative estimate of drug-likeness (QED) is 0.611. The summed E-state index contributed by atoms with van der Waals surface area (Å²) >= 11 is 0. The highest BCUT2D eigenvalue weighted by Crippen LogP contribution is 2.75. The zero-order valence-corrected chi connectivity index (χ0v) is 14.4. The lowest BCUT2D eigenvalue weighted by atomic mass is 9.62. The topological polar surface area (TPSA) is 83.8 Å². The summed E-state index contributed by atoms with van der Waals surface area (Å²) in [4.78, 5) is 25.0. The monoisotopic (exact) mass is 334 g/mol. The van der Waals surface area contributed by atoms with Crippen LogP contribution in [0.25, 0.3) is 0 Å². The van der Waals surface area contributed by atoms with Crippen LogP contribution in [-0.2, 0) is 14.3 Å². The second-order valence-electron chi connectivity index (χ2n) is 8.67. The number of aliphatic hydroxyl groups excluding tert-OH is 1. The molecule has 0 radical (unpaired) electrons. The molecular formula is C19H26O5. The van der Waals surface area contributed by atoms with Gasteiger partial charge < -0.3 is 14.9 Å². The van der Waals surface area contributed by atoms with E-state index in [1.807, 2.05) is 6.92 Å². The van der Waals surface area contributed by atoms with Gasteiger partial charge in [0.25, 0.3) is 0 Å². The zero-order chi connectivity index (χ0) is 17.5. The van der Waals surface area contributed by atoms with E-state index in [2.05, 4.69) is 6.58 Å². The first-order chi connectivity index (χ1) is 11.3. The van der Waals surface area contributed by atoms with Crippen LogP contribution in [0.4, 0.5) is 0 Å². The Morgan fingerprint density at radius 1 is 1.42 bits per heavy atom. The average Bonchev–Trinajstić information content (AvgIpc) is 3.03. The molecule has 0 aromatic rings. The highest BCUT2D eigenvalue weighted by atomic mass is 16.6. The summed E-state index contributed by atoms with van der Waals surface area (Å²) in [6.45, 7) is 7.51. The van der Waals surface area contributed by atoms with Crippen molar-refractivity contribution in [1.29, 1.82) is 0 Å². The molecule has 132 valence electrons. The third kappa shape index (κ3) is 1.51. The average molecular weight is 334 g/mol. The number of rotatable bonds is 3. The number of hydrogen-bond acceptors (Lipinski definition) is 4. The predicted molar refractivity (Wildman–Crippen MR) is 85.9 cm³/mol. The normalized spacial score (nSPS) is 52.1. The summed E-state index contributed by atoms with van der Waals surface area (Å²) in [6, 6.07) is 0. The van der Waals surface area contributed by atoms with Crippen LogP contribution < -0.4 is 0 Å². The molecular weight excluding hydrogens is 308 g/mol. The predicted octanol–water partition coefficient (Wildman–Crippen LogP) is 2.38. The molecule has 0 aromatic carbocycles. The van der Waals surface area contributed by atoms with Gasteiger partial charge in [0.2, 0.25) is 0 Å². The van der Waals surface area contributed by atoms with Gasteiger partial charge in [0, 0.05) is 11.8 Å². The van der Waals surface area contributed by atoms with E-state index in [9.17, 15) is 19.8 Å². The molecule has 4 fully saturated rings. The molecule has 5 heteroatoms. The van der Waals surface area contributed by atoms with Crippen LogP contribution in [0, 0.1) is 34.5 Å². The first kappa shape index (κ1) is 16.1. The summed E-state index contributed by atoms with van der Waals surface area (Å²) in [6.07, 6.45) is 4.04. The van der Waals surface area contributed by atoms with Gasteiger partial charge in [0.15, 0.2) is 0 Å². The number of aliphatic carboxylic acids is 1. The van der Waals surface area contributed by atoms with E-state index in [0.29, 0.717) is 12.3 Å². The number of carboxylic acids is 1. The standard InChI is InChI=1S/C19H26O5/c1-4-19-12-6-5-11-8-18(12,7-10(11)2)13(15(21)22)14(19)17(3,9-20)16(23)24-19/h11-14,20H,2,4-9H2,1,3H3,(H,21,22). The Hall–Kier alpha value is -1.36. The number of ether oxygens (including phenoxy) is 1. The van der Waals surface area contributed by atoms with Crippen LogP contribution >= 0.6 is 0 Å². The van der Waals surface area contributed by atoms with Gasteiger partial charge in [-0.05, 0) is 50.4 Å². The summed E-state index contributed by atoms with van der Waals surface area (Å²) in [5.74, 6) is -1.97. The van der Waals surface area contributed by atoms with Crippen LogP contribution in [0.15, 0.2) is 12.2 Å². The SMILES string of the molecule is C=C1CC23CC1CCC2C1(CC)OC(=O)C(C)(CO)C1C3C(=O)O. The smallest absolute Gasteiger partial charge is 0.315 e. The van der Waals surface area contributed by atoms with Gasteiger partial charge in [0.05, 0.1) is 17.9 Å².